The molecule has 0 spiro atoms. The Morgan fingerprint density at radius 1 is 0.783 bits per heavy atom. The fourth-order valence-corrected chi connectivity index (χ4v) is 3.22. The first-order valence-corrected chi connectivity index (χ1v) is 8.05. The van der Waals surface area contributed by atoms with Crippen LogP contribution in [-0.4, -0.2) is 5.11 Å². The predicted octanol–water partition coefficient (Wildman–Crippen LogP) is 5.84. The molecule has 1 aliphatic carbocycles. The summed E-state index contributed by atoms with van der Waals surface area (Å²) in [4.78, 5) is 0. The van der Waals surface area contributed by atoms with Crippen molar-refractivity contribution in [3.8, 4) is 5.75 Å². The molecule has 0 saturated heterocycles. The molecule has 3 heteroatoms. The van der Waals surface area contributed by atoms with Crippen LogP contribution in [0.3, 0.4) is 0 Å². The number of aromatic hydroxyl groups is 1. The van der Waals surface area contributed by atoms with Gasteiger partial charge in [0.05, 0.1) is 5.69 Å². The average molecular weight is 302 g/mol. The minimum Gasteiger partial charge on any atom is -0.505 e. The van der Waals surface area contributed by atoms with E-state index in [1.54, 1.807) is 6.07 Å². The van der Waals surface area contributed by atoms with Crippen LogP contribution in [0.15, 0.2) is 64.8 Å². The zero-order valence-corrected chi connectivity index (χ0v) is 12.9. The fourth-order valence-electron chi connectivity index (χ4n) is 3.22. The molecule has 0 atom stereocenters. The molecule has 0 unspecified atom stereocenters. The third-order valence-corrected chi connectivity index (χ3v) is 4.48. The van der Waals surface area contributed by atoms with Gasteiger partial charge >= 0.3 is 0 Å². The largest absolute Gasteiger partial charge is 0.505 e. The molecule has 0 radical (unpaired) electrons. The van der Waals surface area contributed by atoms with Crippen LogP contribution in [0.4, 0.5) is 11.4 Å². The van der Waals surface area contributed by atoms with Crippen LogP contribution in [0.1, 0.15) is 24.0 Å². The van der Waals surface area contributed by atoms with E-state index in [0.29, 0.717) is 5.69 Å². The van der Waals surface area contributed by atoms with Gasteiger partial charge in [0.1, 0.15) is 5.69 Å². The molecule has 0 amide bonds. The molecule has 0 fully saturated rings. The van der Waals surface area contributed by atoms with E-state index < -0.39 is 0 Å². The molecule has 0 aromatic heterocycles. The number of benzene rings is 3. The van der Waals surface area contributed by atoms with Gasteiger partial charge in [-0.3, -0.25) is 0 Å². The Balaban J connectivity index is 1.67. The van der Waals surface area contributed by atoms with Crippen LogP contribution in [0, 0.1) is 0 Å². The maximum absolute atomic E-state index is 10.4. The van der Waals surface area contributed by atoms with Crippen LogP contribution in [0.25, 0.3) is 10.8 Å². The number of hydrogen-bond acceptors (Lipinski definition) is 3. The zero-order valence-electron chi connectivity index (χ0n) is 12.9. The number of aryl methyl sites for hydroxylation is 2. The smallest absolute Gasteiger partial charge is 0.150 e. The lowest BCUT2D eigenvalue weighted by Gasteiger charge is -2.15. The number of nitrogens with zero attached hydrogens (tertiary/aromatic N) is 2. The van der Waals surface area contributed by atoms with E-state index in [-0.39, 0.29) is 5.75 Å². The van der Waals surface area contributed by atoms with Crippen LogP contribution in [-0.2, 0) is 12.8 Å². The van der Waals surface area contributed by atoms with Gasteiger partial charge in [0.15, 0.2) is 5.75 Å². The number of phenols is 1. The summed E-state index contributed by atoms with van der Waals surface area (Å²) < 4.78 is 0. The number of azo groups is 1. The van der Waals surface area contributed by atoms with Gasteiger partial charge in [-0.1, -0.05) is 36.4 Å². The molecule has 4 rings (SSSR count). The van der Waals surface area contributed by atoms with E-state index in [4.69, 9.17) is 0 Å². The van der Waals surface area contributed by atoms with E-state index in [9.17, 15) is 5.11 Å². The van der Waals surface area contributed by atoms with Gasteiger partial charge < -0.3 is 5.11 Å². The molecule has 114 valence electrons. The van der Waals surface area contributed by atoms with Gasteiger partial charge in [-0.2, -0.15) is 5.11 Å². The molecule has 0 heterocycles. The van der Waals surface area contributed by atoms with Crippen LogP contribution in [0.2, 0.25) is 0 Å². The number of fused-ring (bicyclic) bond motifs is 2. The van der Waals surface area contributed by atoms with Crippen molar-refractivity contribution in [1.82, 2.24) is 0 Å². The number of rotatable bonds is 2. The lowest BCUT2D eigenvalue weighted by Crippen LogP contribution is -2.01. The molecule has 1 aliphatic rings. The van der Waals surface area contributed by atoms with Crippen molar-refractivity contribution in [3.63, 3.8) is 0 Å². The third-order valence-electron chi connectivity index (χ3n) is 4.48. The maximum Gasteiger partial charge on any atom is 0.150 e. The molecule has 0 saturated carbocycles. The highest BCUT2D eigenvalue weighted by Gasteiger charge is 2.09. The Hall–Kier alpha value is -2.68. The minimum absolute atomic E-state index is 0.185. The number of phenolic OH excluding ortho intramolecular Hbond substituents is 1. The standard InChI is InChI=1S/C20H18N2O/c23-20-18-8-4-3-6-15(18)10-12-19(20)22-21-17-11-9-14-5-1-2-7-16(14)13-17/h3-4,6,8-13,23H,1-2,5,7H2. The predicted molar refractivity (Wildman–Crippen MR) is 92.9 cm³/mol. The van der Waals surface area contributed by atoms with Crippen molar-refractivity contribution in [2.45, 2.75) is 25.7 Å². The molecule has 3 aromatic carbocycles. The molecule has 3 aromatic rings. The Kier molecular flexibility index (Phi) is 3.54. The maximum atomic E-state index is 10.4. The first-order chi connectivity index (χ1) is 11.3. The van der Waals surface area contributed by atoms with Gasteiger partial charge in [0.25, 0.3) is 0 Å². The number of hydrogen-bond donors (Lipinski definition) is 1. The molecule has 3 nitrogen and oxygen atoms in total. The quantitative estimate of drug-likeness (QED) is 0.594. The van der Waals surface area contributed by atoms with Gasteiger partial charge in [-0.15, -0.1) is 5.11 Å². The van der Waals surface area contributed by atoms with Crippen molar-refractivity contribution >= 4 is 22.1 Å². The van der Waals surface area contributed by atoms with Gasteiger partial charge in [-0.05, 0) is 60.4 Å². The lowest BCUT2D eigenvalue weighted by molar-refractivity contribution is 0.482. The van der Waals surface area contributed by atoms with Crippen LogP contribution >= 0.6 is 0 Å². The van der Waals surface area contributed by atoms with E-state index in [2.05, 4.69) is 22.4 Å². The molecule has 23 heavy (non-hydrogen) atoms. The SMILES string of the molecule is Oc1c(N=Nc2ccc3c(c2)CCCC3)ccc2ccccc12. The van der Waals surface area contributed by atoms with Gasteiger partial charge in [-0.25, -0.2) is 0 Å². The van der Waals surface area contributed by atoms with Gasteiger partial charge in [0, 0.05) is 5.39 Å². The highest BCUT2D eigenvalue weighted by molar-refractivity contribution is 5.92. The minimum atomic E-state index is 0.185. The third kappa shape index (κ3) is 2.70. The highest BCUT2D eigenvalue weighted by atomic mass is 16.3. The van der Waals surface area contributed by atoms with Crippen molar-refractivity contribution in [3.05, 3.63) is 65.7 Å². The van der Waals surface area contributed by atoms with Crippen LogP contribution in [0.5, 0.6) is 5.75 Å². The van der Waals surface area contributed by atoms with E-state index in [1.165, 1.54) is 24.0 Å². The average Bonchev–Trinajstić information content (AvgIpc) is 2.61. The topological polar surface area (TPSA) is 45.0 Å². The normalized spacial score (nSPS) is 14.3. The summed E-state index contributed by atoms with van der Waals surface area (Å²) in [5, 5.41) is 20.7. The summed E-state index contributed by atoms with van der Waals surface area (Å²) in [6.07, 6.45) is 4.82. The van der Waals surface area contributed by atoms with E-state index in [1.807, 2.05) is 36.4 Å². The Morgan fingerprint density at radius 3 is 2.52 bits per heavy atom. The van der Waals surface area contributed by atoms with Crippen LogP contribution < -0.4 is 0 Å². The summed E-state index contributed by atoms with van der Waals surface area (Å²) in [6.45, 7) is 0. The molecule has 0 aliphatic heterocycles. The molecular weight excluding hydrogens is 284 g/mol. The lowest BCUT2D eigenvalue weighted by atomic mass is 9.91. The van der Waals surface area contributed by atoms with Crippen molar-refractivity contribution in [2.24, 2.45) is 10.2 Å². The monoisotopic (exact) mass is 302 g/mol. The highest BCUT2D eigenvalue weighted by Crippen LogP contribution is 2.35. The molecule has 1 N–H and O–H groups in total. The molecule has 0 bridgehead atoms. The molecular formula is C20H18N2O. The summed E-state index contributed by atoms with van der Waals surface area (Å²) in [7, 11) is 0. The van der Waals surface area contributed by atoms with Crippen molar-refractivity contribution in [1.29, 1.82) is 0 Å². The first kappa shape index (κ1) is 13.9. The second-order valence-electron chi connectivity index (χ2n) is 6.01. The summed E-state index contributed by atoms with van der Waals surface area (Å²) >= 11 is 0. The Morgan fingerprint density at radius 2 is 1.61 bits per heavy atom. The van der Waals surface area contributed by atoms with E-state index >= 15 is 0 Å². The van der Waals surface area contributed by atoms with Gasteiger partial charge in [0.2, 0.25) is 0 Å². The fraction of sp³-hybridized carbons (Fsp3) is 0.200. The second-order valence-corrected chi connectivity index (χ2v) is 6.01. The summed E-state index contributed by atoms with van der Waals surface area (Å²) in [6, 6.07) is 17.8. The zero-order chi connectivity index (χ0) is 15.6. The Bertz CT molecular complexity index is 899. The van der Waals surface area contributed by atoms with Crippen molar-refractivity contribution in [2.75, 3.05) is 0 Å². The van der Waals surface area contributed by atoms with E-state index in [0.717, 1.165) is 29.3 Å². The van der Waals surface area contributed by atoms with Crippen molar-refractivity contribution < 1.29 is 5.11 Å². The first-order valence-electron chi connectivity index (χ1n) is 8.05. The summed E-state index contributed by atoms with van der Waals surface area (Å²) in [5.41, 5.74) is 4.17. The summed E-state index contributed by atoms with van der Waals surface area (Å²) in [5.74, 6) is 0.185. The second kappa shape index (κ2) is 5.84. The Labute approximate surface area is 135 Å².